The van der Waals surface area contributed by atoms with Crippen LogP contribution in [0.2, 0.25) is 0 Å². The summed E-state index contributed by atoms with van der Waals surface area (Å²) in [6, 6.07) is 13.0. The first-order valence-electron chi connectivity index (χ1n) is 7.39. The van der Waals surface area contributed by atoms with Crippen LogP contribution in [0.1, 0.15) is 15.9 Å². The van der Waals surface area contributed by atoms with Gasteiger partial charge >= 0.3 is 0 Å². The highest BCUT2D eigenvalue weighted by molar-refractivity contribution is 7.99. The quantitative estimate of drug-likeness (QED) is 0.872. The summed E-state index contributed by atoms with van der Waals surface area (Å²) < 4.78 is 12.8. The van der Waals surface area contributed by atoms with Gasteiger partial charge < -0.3 is 10.2 Å². The van der Waals surface area contributed by atoms with Gasteiger partial charge in [-0.2, -0.15) is 0 Å². The highest BCUT2D eigenvalue weighted by Gasteiger charge is 2.08. The topological polar surface area (TPSA) is 49.4 Å². The van der Waals surface area contributed by atoms with Gasteiger partial charge in [0.1, 0.15) is 5.82 Å². The Kier molecular flexibility index (Phi) is 6.37. The third kappa shape index (κ3) is 5.38. The number of anilines is 1. The van der Waals surface area contributed by atoms with E-state index in [9.17, 15) is 14.0 Å². The number of amides is 2. The first-order chi connectivity index (χ1) is 11.5. The molecular weight excluding hydrogens is 327 g/mol. The Hall–Kier alpha value is -2.34. The molecule has 0 spiro atoms. The second-order valence-electron chi connectivity index (χ2n) is 5.44. The van der Waals surface area contributed by atoms with Gasteiger partial charge in [-0.25, -0.2) is 4.39 Å². The Labute approximate surface area is 145 Å². The van der Waals surface area contributed by atoms with Gasteiger partial charge in [-0.3, -0.25) is 9.59 Å². The standard InChI is InChI=1S/C18H19FN2O2S/c1-21(2)18(23)14-5-9-16(10-6-14)20-17(22)12-24-11-13-3-7-15(19)8-4-13/h3-10H,11-12H2,1-2H3,(H,20,22). The van der Waals surface area contributed by atoms with E-state index in [4.69, 9.17) is 0 Å². The van der Waals surface area contributed by atoms with Gasteiger partial charge in [-0.05, 0) is 42.0 Å². The van der Waals surface area contributed by atoms with Crippen LogP contribution < -0.4 is 5.32 Å². The summed E-state index contributed by atoms with van der Waals surface area (Å²) in [5, 5.41) is 2.79. The highest BCUT2D eigenvalue weighted by Crippen LogP contribution is 2.15. The van der Waals surface area contributed by atoms with Crippen LogP contribution in [0, 0.1) is 5.82 Å². The number of thioether (sulfide) groups is 1. The molecule has 0 atom stereocenters. The molecule has 0 heterocycles. The fraction of sp³-hybridized carbons (Fsp3) is 0.222. The van der Waals surface area contributed by atoms with Gasteiger partial charge in [0, 0.05) is 31.1 Å². The van der Waals surface area contributed by atoms with Crippen LogP contribution in [0.5, 0.6) is 0 Å². The lowest BCUT2D eigenvalue weighted by atomic mass is 10.2. The monoisotopic (exact) mass is 346 g/mol. The van der Waals surface area contributed by atoms with Gasteiger partial charge in [0.15, 0.2) is 0 Å². The Bertz CT molecular complexity index is 700. The molecule has 2 aromatic carbocycles. The molecule has 0 bridgehead atoms. The molecule has 0 fully saturated rings. The van der Waals surface area contributed by atoms with Crippen LogP contribution in [0.15, 0.2) is 48.5 Å². The lowest BCUT2D eigenvalue weighted by Gasteiger charge is -2.11. The second kappa shape index (κ2) is 8.49. The molecule has 0 radical (unpaired) electrons. The number of halogens is 1. The van der Waals surface area contributed by atoms with E-state index in [0.717, 1.165) is 5.56 Å². The molecule has 0 aromatic heterocycles. The minimum atomic E-state index is -0.266. The Morgan fingerprint density at radius 2 is 1.67 bits per heavy atom. The predicted octanol–water partition coefficient (Wildman–Crippen LogP) is 3.40. The molecule has 2 rings (SSSR count). The Morgan fingerprint density at radius 3 is 2.25 bits per heavy atom. The summed E-state index contributed by atoms with van der Waals surface area (Å²) in [7, 11) is 3.38. The van der Waals surface area contributed by atoms with E-state index in [1.807, 2.05) is 0 Å². The maximum atomic E-state index is 12.8. The summed E-state index contributed by atoms with van der Waals surface area (Å²) in [5.41, 5.74) is 2.20. The van der Waals surface area contributed by atoms with Gasteiger partial charge in [-0.1, -0.05) is 12.1 Å². The summed E-state index contributed by atoms with van der Waals surface area (Å²) >= 11 is 1.46. The number of rotatable bonds is 6. The zero-order valence-electron chi connectivity index (χ0n) is 13.6. The number of nitrogens with one attached hydrogen (secondary N) is 1. The summed E-state index contributed by atoms with van der Waals surface area (Å²) in [6.45, 7) is 0. The van der Waals surface area contributed by atoms with Crippen LogP contribution in [0.25, 0.3) is 0 Å². The zero-order chi connectivity index (χ0) is 17.5. The smallest absolute Gasteiger partial charge is 0.253 e. The normalized spacial score (nSPS) is 10.3. The average molecular weight is 346 g/mol. The highest BCUT2D eigenvalue weighted by atomic mass is 32.2. The van der Waals surface area contributed by atoms with E-state index in [1.54, 1.807) is 50.5 Å². The average Bonchev–Trinajstić information content (AvgIpc) is 2.56. The van der Waals surface area contributed by atoms with E-state index in [2.05, 4.69) is 5.32 Å². The van der Waals surface area contributed by atoms with Crippen molar-refractivity contribution in [2.75, 3.05) is 25.2 Å². The van der Waals surface area contributed by atoms with Crippen molar-refractivity contribution in [1.29, 1.82) is 0 Å². The number of carbonyl (C=O) groups is 2. The number of benzene rings is 2. The van der Waals surface area contributed by atoms with Crippen LogP contribution in [-0.2, 0) is 10.5 Å². The summed E-state index contributed by atoms with van der Waals surface area (Å²) in [4.78, 5) is 25.2. The largest absolute Gasteiger partial charge is 0.345 e. The van der Waals surface area contributed by atoms with Crippen molar-refractivity contribution in [3.8, 4) is 0 Å². The summed E-state index contributed by atoms with van der Waals surface area (Å²) in [6.07, 6.45) is 0. The van der Waals surface area contributed by atoms with Gasteiger partial charge in [0.05, 0.1) is 5.75 Å². The molecule has 126 valence electrons. The molecule has 0 aliphatic carbocycles. The van der Waals surface area contributed by atoms with E-state index in [-0.39, 0.29) is 17.6 Å². The minimum Gasteiger partial charge on any atom is -0.345 e. The lowest BCUT2D eigenvalue weighted by Crippen LogP contribution is -2.21. The third-order valence-corrected chi connectivity index (χ3v) is 4.24. The fourth-order valence-corrected chi connectivity index (χ4v) is 2.78. The molecule has 0 saturated heterocycles. The Balaban J connectivity index is 1.79. The van der Waals surface area contributed by atoms with E-state index in [1.165, 1.54) is 28.8 Å². The van der Waals surface area contributed by atoms with Gasteiger partial charge in [-0.15, -0.1) is 11.8 Å². The van der Waals surface area contributed by atoms with Crippen molar-refractivity contribution in [3.63, 3.8) is 0 Å². The van der Waals surface area contributed by atoms with Crippen molar-refractivity contribution in [2.45, 2.75) is 5.75 Å². The Morgan fingerprint density at radius 1 is 1.04 bits per heavy atom. The molecule has 0 aliphatic rings. The van der Waals surface area contributed by atoms with Crippen molar-refractivity contribution in [3.05, 3.63) is 65.5 Å². The molecule has 2 aromatic rings. The molecular formula is C18H19FN2O2S. The molecule has 0 unspecified atom stereocenters. The maximum absolute atomic E-state index is 12.8. The van der Waals surface area contributed by atoms with E-state index in [0.29, 0.717) is 22.8 Å². The number of hydrogen-bond donors (Lipinski definition) is 1. The van der Waals surface area contributed by atoms with Crippen molar-refractivity contribution < 1.29 is 14.0 Å². The summed E-state index contributed by atoms with van der Waals surface area (Å²) in [5.74, 6) is 0.480. The van der Waals surface area contributed by atoms with Crippen LogP contribution >= 0.6 is 11.8 Å². The number of hydrogen-bond acceptors (Lipinski definition) is 3. The van der Waals surface area contributed by atoms with Gasteiger partial charge in [0.2, 0.25) is 5.91 Å². The molecule has 6 heteroatoms. The minimum absolute atomic E-state index is 0.0808. The number of nitrogens with zero attached hydrogens (tertiary/aromatic N) is 1. The molecule has 4 nitrogen and oxygen atoms in total. The van der Waals surface area contributed by atoms with Gasteiger partial charge in [0.25, 0.3) is 5.91 Å². The molecule has 0 saturated carbocycles. The molecule has 24 heavy (non-hydrogen) atoms. The molecule has 2 amide bonds. The fourth-order valence-electron chi connectivity index (χ4n) is 1.99. The van der Waals surface area contributed by atoms with E-state index < -0.39 is 0 Å². The number of carbonyl (C=O) groups excluding carboxylic acids is 2. The third-order valence-electron chi connectivity index (χ3n) is 3.24. The first kappa shape index (κ1) is 18.0. The van der Waals surface area contributed by atoms with Crippen molar-refractivity contribution >= 4 is 29.3 Å². The van der Waals surface area contributed by atoms with Crippen molar-refractivity contribution in [2.24, 2.45) is 0 Å². The molecule has 1 N–H and O–H groups in total. The zero-order valence-corrected chi connectivity index (χ0v) is 14.4. The first-order valence-corrected chi connectivity index (χ1v) is 8.55. The predicted molar refractivity (Wildman–Crippen MR) is 95.7 cm³/mol. The van der Waals surface area contributed by atoms with Crippen LogP contribution in [0.3, 0.4) is 0 Å². The van der Waals surface area contributed by atoms with E-state index >= 15 is 0 Å². The second-order valence-corrected chi connectivity index (χ2v) is 6.43. The maximum Gasteiger partial charge on any atom is 0.253 e. The SMILES string of the molecule is CN(C)C(=O)c1ccc(NC(=O)CSCc2ccc(F)cc2)cc1. The lowest BCUT2D eigenvalue weighted by molar-refractivity contribution is -0.113. The van der Waals surface area contributed by atoms with Crippen LogP contribution in [0.4, 0.5) is 10.1 Å². The van der Waals surface area contributed by atoms with Crippen molar-refractivity contribution in [1.82, 2.24) is 4.90 Å². The van der Waals surface area contributed by atoms with Crippen LogP contribution in [-0.4, -0.2) is 36.6 Å². The molecule has 0 aliphatic heterocycles.